The van der Waals surface area contributed by atoms with Crippen molar-refractivity contribution in [2.45, 2.75) is 20.4 Å². The van der Waals surface area contributed by atoms with Gasteiger partial charge in [0, 0.05) is 24.2 Å². The van der Waals surface area contributed by atoms with Gasteiger partial charge in [0.25, 0.3) is 5.56 Å². The fraction of sp³-hybridized carbons (Fsp3) is 0.188. The van der Waals surface area contributed by atoms with Crippen LogP contribution in [0.3, 0.4) is 0 Å². The van der Waals surface area contributed by atoms with Crippen molar-refractivity contribution in [1.29, 1.82) is 0 Å². The van der Waals surface area contributed by atoms with Crippen LogP contribution < -0.4 is 5.56 Å². The monoisotopic (exact) mass is 297 g/mol. The molecule has 3 aromatic rings. The van der Waals surface area contributed by atoms with Gasteiger partial charge in [-0.2, -0.15) is 9.61 Å². The highest BCUT2D eigenvalue weighted by molar-refractivity contribution is 5.86. The van der Waals surface area contributed by atoms with Crippen LogP contribution in [0.15, 0.2) is 41.2 Å². The molecule has 1 N–H and O–H groups in total. The summed E-state index contributed by atoms with van der Waals surface area (Å²) in [6, 6.07) is 10.6. The minimum atomic E-state index is -1.12. The minimum Gasteiger partial charge on any atom is -0.477 e. The van der Waals surface area contributed by atoms with Gasteiger partial charge >= 0.3 is 5.97 Å². The van der Waals surface area contributed by atoms with Crippen molar-refractivity contribution in [2.24, 2.45) is 0 Å². The number of carboxylic acid groups (broad SMARTS) is 1. The maximum absolute atomic E-state index is 12.1. The number of aryl methyl sites for hydroxylation is 2. The Kier molecular flexibility index (Phi) is 3.29. The fourth-order valence-electron chi connectivity index (χ4n) is 2.61. The van der Waals surface area contributed by atoms with Gasteiger partial charge in [-0.25, -0.2) is 4.79 Å². The molecule has 0 amide bonds. The van der Waals surface area contributed by atoms with Crippen molar-refractivity contribution >= 4 is 11.6 Å². The Hall–Kier alpha value is -2.89. The summed E-state index contributed by atoms with van der Waals surface area (Å²) in [6.07, 6.45) is 0. The average Bonchev–Trinajstić information content (AvgIpc) is 2.93. The van der Waals surface area contributed by atoms with E-state index in [-0.39, 0.29) is 5.69 Å². The van der Waals surface area contributed by atoms with Gasteiger partial charge in [-0.15, -0.1) is 0 Å². The minimum absolute atomic E-state index is 0.0313. The van der Waals surface area contributed by atoms with Crippen LogP contribution in [0, 0.1) is 6.92 Å². The second-order valence-corrected chi connectivity index (χ2v) is 5.03. The lowest BCUT2D eigenvalue weighted by Gasteiger charge is -2.09. The molecule has 22 heavy (non-hydrogen) atoms. The van der Waals surface area contributed by atoms with Crippen molar-refractivity contribution in [3.8, 4) is 11.3 Å². The van der Waals surface area contributed by atoms with E-state index in [1.807, 2.05) is 38.1 Å². The predicted octanol–water partition coefficient (Wildman–Crippen LogP) is 2.19. The normalized spacial score (nSPS) is 11.0. The third-order valence-electron chi connectivity index (χ3n) is 3.68. The molecule has 112 valence electrons. The molecule has 0 radical (unpaired) electrons. The Morgan fingerprint density at radius 1 is 1.27 bits per heavy atom. The quantitative estimate of drug-likeness (QED) is 0.804. The molecular formula is C16H15N3O3. The molecule has 0 spiro atoms. The molecule has 0 fully saturated rings. The SMILES string of the molecule is CCn1c(C(=O)O)cc(=O)n2nc(-c3ccccc3C)cc12. The van der Waals surface area contributed by atoms with Crippen LogP contribution in [0.4, 0.5) is 0 Å². The number of rotatable bonds is 3. The van der Waals surface area contributed by atoms with E-state index in [2.05, 4.69) is 5.10 Å². The summed E-state index contributed by atoms with van der Waals surface area (Å²) in [4.78, 5) is 23.4. The molecule has 2 aromatic heterocycles. The fourth-order valence-corrected chi connectivity index (χ4v) is 2.61. The number of aromatic carboxylic acids is 1. The molecule has 6 heteroatoms. The summed E-state index contributed by atoms with van der Waals surface area (Å²) in [6.45, 7) is 4.23. The van der Waals surface area contributed by atoms with Crippen molar-refractivity contribution in [3.05, 3.63) is 58.0 Å². The van der Waals surface area contributed by atoms with Crippen molar-refractivity contribution < 1.29 is 9.90 Å². The second-order valence-electron chi connectivity index (χ2n) is 5.03. The molecule has 1 aromatic carbocycles. The first kappa shape index (κ1) is 14.1. The van der Waals surface area contributed by atoms with Crippen molar-refractivity contribution in [2.75, 3.05) is 0 Å². The first-order valence-electron chi connectivity index (χ1n) is 6.96. The first-order valence-corrected chi connectivity index (χ1v) is 6.96. The molecule has 0 aliphatic carbocycles. The lowest BCUT2D eigenvalue weighted by atomic mass is 10.1. The first-order chi connectivity index (χ1) is 10.5. The molecule has 3 rings (SSSR count). The number of benzene rings is 1. The molecule has 0 unspecified atom stereocenters. The molecule has 0 aliphatic heterocycles. The van der Waals surface area contributed by atoms with Crippen LogP contribution in [-0.2, 0) is 6.54 Å². The van der Waals surface area contributed by atoms with E-state index in [4.69, 9.17) is 0 Å². The lowest BCUT2D eigenvalue weighted by Crippen LogP contribution is -2.23. The summed E-state index contributed by atoms with van der Waals surface area (Å²) < 4.78 is 2.82. The number of nitrogens with zero attached hydrogens (tertiary/aromatic N) is 3. The molecule has 0 saturated heterocycles. The molecular weight excluding hydrogens is 282 g/mol. The Morgan fingerprint density at radius 3 is 2.64 bits per heavy atom. The molecule has 0 atom stereocenters. The van der Waals surface area contributed by atoms with E-state index in [1.54, 1.807) is 10.6 Å². The Balaban J connectivity index is 2.35. The predicted molar refractivity (Wildman–Crippen MR) is 82.3 cm³/mol. The van der Waals surface area contributed by atoms with Crippen LogP contribution in [-0.4, -0.2) is 25.3 Å². The molecule has 6 nitrogen and oxygen atoms in total. The van der Waals surface area contributed by atoms with Crippen LogP contribution in [0.2, 0.25) is 0 Å². The van der Waals surface area contributed by atoms with Crippen LogP contribution >= 0.6 is 0 Å². The van der Waals surface area contributed by atoms with Gasteiger partial charge in [0.1, 0.15) is 11.3 Å². The van der Waals surface area contributed by atoms with Gasteiger partial charge in [-0.3, -0.25) is 4.79 Å². The molecule has 0 aliphatic rings. The summed E-state index contributed by atoms with van der Waals surface area (Å²) >= 11 is 0. The van der Waals surface area contributed by atoms with Crippen LogP contribution in [0.25, 0.3) is 16.9 Å². The number of carboxylic acids is 1. The van der Waals surface area contributed by atoms with Gasteiger partial charge in [0.15, 0.2) is 0 Å². The molecule has 0 saturated carbocycles. The largest absolute Gasteiger partial charge is 0.477 e. The standard InChI is InChI=1S/C16H15N3O3/c1-3-18-13(16(21)22)9-15(20)19-14(18)8-12(17-19)11-7-5-4-6-10(11)2/h4-9H,3H2,1-2H3,(H,21,22). The second kappa shape index (κ2) is 5.14. The zero-order chi connectivity index (χ0) is 15.9. The van der Waals surface area contributed by atoms with Gasteiger partial charge in [-0.05, 0) is 19.4 Å². The average molecular weight is 297 g/mol. The highest BCUT2D eigenvalue weighted by atomic mass is 16.4. The summed E-state index contributed by atoms with van der Waals surface area (Å²) in [5, 5.41) is 13.6. The van der Waals surface area contributed by atoms with E-state index >= 15 is 0 Å². The Morgan fingerprint density at radius 2 is 2.00 bits per heavy atom. The number of carbonyl (C=O) groups is 1. The number of fused-ring (bicyclic) bond motifs is 1. The van der Waals surface area contributed by atoms with E-state index in [0.29, 0.717) is 17.9 Å². The zero-order valence-corrected chi connectivity index (χ0v) is 12.3. The third-order valence-corrected chi connectivity index (χ3v) is 3.68. The van der Waals surface area contributed by atoms with Crippen molar-refractivity contribution in [1.82, 2.24) is 14.2 Å². The highest BCUT2D eigenvalue weighted by Crippen LogP contribution is 2.23. The van der Waals surface area contributed by atoms with Gasteiger partial charge in [0.05, 0.1) is 5.69 Å². The third kappa shape index (κ3) is 2.09. The topological polar surface area (TPSA) is 76.6 Å². The smallest absolute Gasteiger partial charge is 0.352 e. The van der Waals surface area contributed by atoms with E-state index in [0.717, 1.165) is 17.2 Å². The van der Waals surface area contributed by atoms with Gasteiger partial charge in [-0.1, -0.05) is 24.3 Å². The zero-order valence-electron chi connectivity index (χ0n) is 12.3. The van der Waals surface area contributed by atoms with Crippen LogP contribution in [0.5, 0.6) is 0 Å². The van der Waals surface area contributed by atoms with Crippen molar-refractivity contribution in [3.63, 3.8) is 0 Å². The molecule has 0 bridgehead atoms. The number of hydrogen-bond acceptors (Lipinski definition) is 3. The lowest BCUT2D eigenvalue weighted by molar-refractivity contribution is 0.0684. The summed E-state index contributed by atoms with van der Waals surface area (Å²) in [5.41, 5.74) is 2.61. The van der Waals surface area contributed by atoms with E-state index in [9.17, 15) is 14.7 Å². The van der Waals surface area contributed by atoms with E-state index < -0.39 is 11.5 Å². The van der Waals surface area contributed by atoms with E-state index in [1.165, 1.54) is 4.52 Å². The highest BCUT2D eigenvalue weighted by Gasteiger charge is 2.16. The Labute approximate surface area is 126 Å². The summed E-state index contributed by atoms with van der Waals surface area (Å²) in [7, 11) is 0. The maximum Gasteiger partial charge on any atom is 0.352 e. The number of aromatic nitrogens is 3. The Bertz CT molecular complexity index is 937. The summed E-state index contributed by atoms with van der Waals surface area (Å²) in [5.74, 6) is -1.12. The van der Waals surface area contributed by atoms with Gasteiger partial charge in [0.2, 0.25) is 0 Å². The van der Waals surface area contributed by atoms with Gasteiger partial charge < -0.3 is 9.67 Å². The maximum atomic E-state index is 12.1. The number of hydrogen-bond donors (Lipinski definition) is 1. The van der Waals surface area contributed by atoms with Crippen LogP contribution in [0.1, 0.15) is 23.0 Å². The molecule has 2 heterocycles.